The predicted octanol–water partition coefficient (Wildman–Crippen LogP) is 3.32. The van der Waals surface area contributed by atoms with Crippen molar-refractivity contribution in [2.75, 3.05) is 31.1 Å². The fraction of sp³-hybridized carbons (Fsp3) is 0.440. The summed E-state index contributed by atoms with van der Waals surface area (Å²) in [5, 5.41) is 11.1. The number of carbonyl (C=O) groups is 2. The van der Waals surface area contributed by atoms with Crippen molar-refractivity contribution in [3.8, 4) is 0 Å². The van der Waals surface area contributed by atoms with E-state index in [0.717, 1.165) is 30.8 Å². The zero-order valence-corrected chi connectivity index (χ0v) is 19.1. The van der Waals surface area contributed by atoms with Crippen LogP contribution in [0.15, 0.2) is 42.5 Å². The maximum Gasteiger partial charge on any atom is 0.471 e. The molecule has 184 valence electrons. The van der Waals surface area contributed by atoms with E-state index in [4.69, 9.17) is 0 Å². The van der Waals surface area contributed by atoms with Crippen LogP contribution in [0.3, 0.4) is 0 Å². The molecule has 7 nitrogen and oxygen atoms in total. The highest BCUT2D eigenvalue weighted by Crippen LogP contribution is 2.44. The van der Waals surface area contributed by atoms with Crippen LogP contribution in [-0.2, 0) is 10.2 Å². The molecule has 2 fully saturated rings. The Morgan fingerprint density at radius 3 is 2.34 bits per heavy atom. The molecule has 0 atom stereocenters. The summed E-state index contributed by atoms with van der Waals surface area (Å²) in [6.07, 6.45) is 2.10. The van der Waals surface area contributed by atoms with E-state index >= 15 is 0 Å². The first-order valence-electron chi connectivity index (χ1n) is 11.8. The molecule has 3 aliphatic rings. The predicted molar refractivity (Wildman–Crippen MR) is 124 cm³/mol. The Kier molecular flexibility index (Phi) is 5.98. The molecule has 0 unspecified atom stereocenters. The highest BCUT2D eigenvalue weighted by Gasteiger charge is 2.43. The highest BCUT2D eigenvalue weighted by atomic mass is 19.4. The minimum absolute atomic E-state index is 0.0516. The highest BCUT2D eigenvalue weighted by molar-refractivity contribution is 5.92. The number of piperidine rings is 2. The average Bonchev–Trinajstić information content (AvgIpc) is 3.22. The van der Waals surface area contributed by atoms with Gasteiger partial charge in [0.25, 0.3) is 5.91 Å². The van der Waals surface area contributed by atoms with Gasteiger partial charge in [0.2, 0.25) is 0 Å². The molecule has 0 radical (unpaired) electrons. The summed E-state index contributed by atoms with van der Waals surface area (Å²) in [5.74, 6) is -1.54. The van der Waals surface area contributed by atoms with Crippen molar-refractivity contribution in [3.63, 3.8) is 0 Å². The number of nitrogens with zero attached hydrogens (tertiary/aromatic N) is 4. The molecule has 2 aliphatic heterocycles. The van der Waals surface area contributed by atoms with Crippen LogP contribution in [0.2, 0.25) is 0 Å². The first-order chi connectivity index (χ1) is 16.7. The van der Waals surface area contributed by atoms with Crippen LogP contribution < -0.4 is 10.2 Å². The zero-order chi connectivity index (χ0) is 24.6. The van der Waals surface area contributed by atoms with Crippen LogP contribution in [0, 0.1) is 0 Å². The quantitative estimate of drug-likeness (QED) is 0.722. The van der Waals surface area contributed by atoms with E-state index in [0.29, 0.717) is 5.82 Å². The van der Waals surface area contributed by atoms with Crippen LogP contribution in [0.5, 0.6) is 0 Å². The minimum atomic E-state index is -4.87. The van der Waals surface area contributed by atoms with Gasteiger partial charge in [0, 0.05) is 37.6 Å². The molecule has 0 saturated carbocycles. The maximum atomic E-state index is 12.6. The summed E-state index contributed by atoms with van der Waals surface area (Å²) in [7, 11) is 0. The summed E-state index contributed by atoms with van der Waals surface area (Å²) >= 11 is 0. The van der Waals surface area contributed by atoms with Crippen LogP contribution in [0.1, 0.15) is 47.3 Å². The zero-order valence-electron chi connectivity index (χ0n) is 19.1. The van der Waals surface area contributed by atoms with Crippen molar-refractivity contribution in [2.24, 2.45) is 0 Å². The number of nitrogens with one attached hydrogen (secondary N) is 1. The van der Waals surface area contributed by atoms with Crippen molar-refractivity contribution in [3.05, 3.63) is 59.3 Å². The molecule has 1 aliphatic carbocycles. The van der Waals surface area contributed by atoms with Crippen LogP contribution in [0.4, 0.5) is 19.0 Å². The number of benzene rings is 1. The number of aromatic nitrogens is 2. The Morgan fingerprint density at radius 1 is 0.971 bits per heavy atom. The fourth-order valence-corrected chi connectivity index (χ4v) is 5.29. The van der Waals surface area contributed by atoms with E-state index in [9.17, 15) is 22.8 Å². The second-order valence-corrected chi connectivity index (χ2v) is 9.38. The number of carbonyl (C=O) groups excluding carboxylic acids is 2. The van der Waals surface area contributed by atoms with Gasteiger partial charge in [0.05, 0.1) is 0 Å². The molecule has 35 heavy (non-hydrogen) atoms. The largest absolute Gasteiger partial charge is 0.471 e. The van der Waals surface area contributed by atoms with Crippen molar-refractivity contribution < 1.29 is 22.8 Å². The van der Waals surface area contributed by atoms with Gasteiger partial charge in [-0.15, -0.1) is 10.2 Å². The molecule has 1 spiro atoms. The Bertz CT molecular complexity index is 1130. The van der Waals surface area contributed by atoms with Crippen LogP contribution in [0.25, 0.3) is 6.08 Å². The smallest absolute Gasteiger partial charge is 0.355 e. The average molecular weight is 486 g/mol. The van der Waals surface area contributed by atoms with E-state index in [1.54, 1.807) is 12.1 Å². The summed E-state index contributed by atoms with van der Waals surface area (Å²) < 4.78 is 37.7. The molecule has 2 amide bonds. The van der Waals surface area contributed by atoms with E-state index in [-0.39, 0.29) is 43.1 Å². The third-order valence-electron chi connectivity index (χ3n) is 7.30. The van der Waals surface area contributed by atoms with Crippen molar-refractivity contribution in [1.29, 1.82) is 0 Å². The normalized spacial score (nSPS) is 19.6. The number of hydrogen-bond donors (Lipinski definition) is 1. The molecule has 0 bridgehead atoms. The molecule has 1 N–H and O–H groups in total. The number of likely N-dealkylation sites (tertiary alicyclic amines) is 1. The second kappa shape index (κ2) is 8.98. The first kappa shape index (κ1) is 23.3. The number of amides is 2. The lowest BCUT2D eigenvalue weighted by atomic mass is 9.74. The van der Waals surface area contributed by atoms with E-state index in [2.05, 4.69) is 56.8 Å². The van der Waals surface area contributed by atoms with Crippen molar-refractivity contribution in [2.45, 2.75) is 43.3 Å². The van der Waals surface area contributed by atoms with Gasteiger partial charge in [-0.05, 0) is 48.9 Å². The summed E-state index contributed by atoms with van der Waals surface area (Å²) in [6.45, 7) is 1.55. The maximum absolute atomic E-state index is 12.6. The van der Waals surface area contributed by atoms with E-state index in [1.807, 2.05) is 0 Å². The molecular weight excluding hydrogens is 459 g/mol. The van der Waals surface area contributed by atoms with Gasteiger partial charge in [-0.2, -0.15) is 13.2 Å². The number of rotatable bonds is 3. The van der Waals surface area contributed by atoms with Gasteiger partial charge >= 0.3 is 12.1 Å². The summed E-state index contributed by atoms with van der Waals surface area (Å²) in [4.78, 5) is 26.9. The Morgan fingerprint density at radius 2 is 1.69 bits per heavy atom. The lowest BCUT2D eigenvalue weighted by molar-refractivity contribution is -0.186. The van der Waals surface area contributed by atoms with Gasteiger partial charge < -0.3 is 15.1 Å². The van der Waals surface area contributed by atoms with E-state index < -0.39 is 18.0 Å². The van der Waals surface area contributed by atoms with Gasteiger partial charge in [-0.25, -0.2) is 0 Å². The molecule has 2 aromatic rings. The van der Waals surface area contributed by atoms with Crippen LogP contribution >= 0.6 is 0 Å². The standard InChI is InChI=1S/C25H26F3N5O2/c26-25(27,28)23(35)33-13-8-18(9-14-33)29-22(34)20-5-6-21(31-30-20)32-15-11-24(12-16-32)10-7-17-3-1-2-4-19(17)24/h1-7,10,18H,8-9,11-16H2,(H,29,34). The van der Waals surface area contributed by atoms with Crippen molar-refractivity contribution in [1.82, 2.24) is 20.4 Å². The molecule has 10 heteroatoms. The van der Waals surface area contributed by atoms with E-state index in [1.165, 1.54) is 11.1 Å². The lowest BCUT2D eigenvalue weighted by Gasteiger charge is -2.39. The monoisotopic (exact) mass is 485 g/mol. The Hall–Kier alpha value is -3.43. The van der Waals surface area contributed by atoms with Crippen LogP contribution in [-0.4, -0.2) is 65.3 Å². The van der Waals surface area contributed by atoms with Gasteiger partial charge in [-0.3, -0.25) is 9.59 Å². The second-order valence-electron chi connectivity index (χ2n) is 9.38. The van der Waals surface area contributed by atoms with Gasteiger partial charge in [0.15, 0.2) is 11.5 Å². The SMILES string of the molecule is O=C(NC1CCN(C(=O)C(F)(F)F)CC1)c1ccc(N2CCC3(C=Cc4ccccc43)CC2)nn1. The number of halogens is 3. The van der Waals surface area contributed by atoms with Crippen molar-refractivity contribution >= 4 is 23.7 Å². The number of allylic oxidation sites excluding steroid dienone is 1. The third kappa shape index (κ3) is 4.61. The number of fused-ring (bicyclic) bond motifs is 2. The first-order valence-corrected chi connectivity index (χ1v) is 11.8. The number of anilines is 1. The third-order valence-corrected chi connectivity index (χ3v) is 7.30. The topological polar surface area (TPSA) is 78.4 Å². The Labute approximate surface area is 201 Å². The molecule has 1 aromatic heterocycles. The fourth-order valence-electron chi connectivity index (χ4n) is 5.29. The molecular formula is C25H26F3N5O2. The molecule has 1 aromatic carbocycles. The molecule has 3 heterocycles. The van der Waals surface area contributed by atoms with Gasteiger partial charge in [-0.1, -0.05) is 36.4 Å². The summed E-state index contributed by atoms with van der Waals surface area (Å²) in [6, 6.07) is 11.6. The molecule has 5 rings (SSSR count). The number of hydrogen-bond acceptors (Lipinski definition) is 5. The molecule has 2 saturated heterocycles. The minimum Gasteiger partial charge on any atom is -0.355 e. The summed E-state index contributed by atoms with van der Waals surface area (Å²) in [5.41, 5.74) is 2.89. The number of alkyl halides is 3. The van der Waals surface area contributed by atoms with Gasteiger partial charge in [0.1, 0.15) is 0 Å². The Balaban J connectivity index is 1.14. The lowest BCUT2D eigenvalue weighted by Crippen LogP contribution is -2.50.